The number of thiophene rings is 1. The van der Waals surface area contributed by atoms with Crippen LogP contribution in [0.3, 0.4) is 0 Å². The van der Waals surface area contributed by atoms with Gasteiger partial charge in [0.15, 0.2) is 0 Å². The first kappa shape index (κ1) is 19.5. The third kappa shape index (κ3) is 4.12. The number of fused-ring (bicyclic) bond motifs is 1. The zero-order chi connectivity index (χ0) is 19.7. The van der Waals surface area contributed by atoms with Crippen LogP contribution in [0.2, 0.25) is 0 Å². The third-order valence-corrected chi connectivity index (χ3v) is 7.43. The second kappa shape index (κ2) is 8.27. The number of ether oxygens (including phenoxy) is 1. The average Bonchev–Trinajstić information content (AvgIpc) is 3.36. The number of nitrogens with zero attached hydrogens (tertiary/aromatic N) is 3. The number of aryl methyl sites for hydroxylation is 2. The van der Waals surface area contributed by atoms with Crippen molar-refractivity contribution in [3.05, 3.63) is 31.6 Å². The lowest BCUT2D eigenvalue weighted by Crippen LogP contribution is -2.15. The van der Waals surface area contributed by atoms with Gasteiger partial charge in [-0.2, -0.15) is 0 Å². The number of carbonyl (C=O) groups is 1. The number of H-pyrrole nitrogens is 1. The van der Waals surface area contributed by atoms with Crippen LogP contribution in [0.4, 0.5) is 5.13 Å². The summed E-state index contributed by atoms with van der Waals surface area (Å²) in [6.07, 6.45) is 1.96. The van der Waals surface area contributed by atoms with Gasteiger partial charge in [0.25, 0.3) is 5.56 Å². The summed E-state index contributed by atoms with van der Waals surface area (Å²) in [5.74, 6) is 1.10. The molecule has 2 N–H and O–H groups in total. The lowest BCUT2D eigenvalue weighted by molar-refractivity contribution is -0.113. The minimum atomic E-state index is -0.161. The number of aromatic amines is 1. The van der Waals surface area contributed by atoms with Crippen LogP contribution in [0.25, 0.3) is 10.2 Å². The highest BCUT2D eigenvalue weighted by Crippen LogP contribution is 2.32. The molecule has 11 heteroatoms. The van der Waals surface area contributed by atoms with Gasteiger partial charge in [-0.15, -0.1) is 33.3 Å². The van der Waals surface area contributed by atoms with Crippen molar-refractivity contribution < 1.29 is 9.53 Å². The second-order valence-electron chi connectivity index (χ2n) is 6.46. The van der Waals surface area contributed by atoms with E-state index in [9.17, 15) is 9.59 Å². The SMILES string of the molecule is Cc1sc2nc(CSCC(=O)Nc3nnc(C4CCCO4)s3)[nH]c(=O)c2c1C. The fourth-order valence-electron chi connectivity index (χ4n) is 2.95. The van der Waals surface area contributed by atoms with Crippen LogP contribution in [0, 0.1) is 13.8 Å². The summed E-state index contributed by atoms with van der Waals surface area (Å²) in [7, 11) is 0. The van der Waals surface area contributed by atoms with Gasteiger partial charge in [-0.1, -0.05) is 11.3 Å². The number of rotatable bonds is 6. The number of nitrogens with one attached hydrogen (secondary N) is 2. The van der Waals surface area contributed by atoms with Crippen molar-refractivity contribution in [2.24, 2.45) is 0 Å². The molecule has 4 heterocycles. The average molecular weight is 438 g/mol. The maximum absolute atomic E-state index is 12.3. The third-order valence-electron chi connectivity index (χ3n) is 4.45. The molecule has 4 rings (SSSR count). The molecule has 0 spiro atoms. The fraction of sp³-hybridized carbons (Fsp3) is 0.471. The summed E-state index contributed by atoms with van der Waals surface area (Å²) in [6, 6.07) is 0. The summed E-state index contributed by atoms with van der Waals surface area (Å²) >= 11 is 4.25. The molecule has 1 aliphatic rings. The molecule has 148 valence electrons. The molecule has 1 unspecified atom stereocenters. The van der Waals surface area contributed by atoms with E-state index in [1.165, 1.54) is 34.4 Å². The number of carbonyl (C=O) groups excluding carboxylic acids is 1. The maximum atomic E-state index is 12.3. The van der Waals surface area contributed by atoms with E-state index in [1.54, 1.807) is 0 Å². The van der Waals surface area contributed by atoms with Gasteiger partial charge in [-0.05, 0) is 32.3 Å². The van der Waals surface area contributed by atoms with E-state index < -0.39 is 0 Å². The van der Waals surface area contributed by atoms with Crippen LogP contribution in [0.1, 0.15) is 40.2 Å². The van der Waals surface area contributed by atoms with Crippen LogP contribution < -0.4 is 10.9 Å². The smallest absolute Gasteiger partial charge is 0.259 e. The first-order chi connectivity index (χ1) is 13.5. The standard InChI is InChI=1S/C17H19N5O3S3/c1-8-9(2)27-16-13(8)14(24)18-11(19-16)6-26-7-12(23)20-17-22-21-15(28-17)10-4-3-5-25-10/h10H,3-7H2,1-2H3,(H,18,19,24)(H,20,22,23). The Morgan fingerprint density at radius 1 is 1.36 bits per heavy atom. The quantitative estimate of drug-likeness (QED) is 0.609. The van der Waals surface area contributed by atoms with Crippen molar-refractivity contribution in [3.8, 4) is 0 Å². The predicted octanol–water partition coefficient (Wildman–Crippen LogP) is 3.18. The van der Waals surface area contributed by atoms with Gasteiger partial charge in [0.2, 0.25) is 11.0 Å². The van der Waals surface area contributed by atoms with Crippen molar-refractivity contribution in [1.29, 1.82) is 0 Å². The molecule has 0 bridgehead atoms. The molecular weight excluding hydrogens is 418 g/mol. The summed E-state index contributed by atoms with van der Waals surface area (Å²) < 4.78 is 5.58. The Balaban J connectivity index is 1.32. The topological polar surface area (TPSA) is 110 Å². The van der Waals surface area contributed by atoms with Gasteiger partial charge in [-0.25, -0.2) is 4.98 Å². The largest absolute Gasteiger partial charge is 0.371 e. The predicted molar refractivity (Wildman–Crippen MR) is 112 cm³/mol. The van der Waals surface area contributed by atoms with E-state index >= 15 is 0 Å². The molecule has 8 nitrogen and oxygen atoms in total. The molecule has 1 fully saturated rings. The Hall–Kier alpha value is -1.82. The lowest BCUT2D eigenvalue weighted by atomic mass is 10.2. The van der Waals surface area contributed by atoms with E-state index in [1.807, 2.05) is 13.8 Å². The summed E-state index contributed by atoms with van der Waals surface area (Å²) in [6.45, 7) is 4.66. The van der Waals surface area contributed by atoms with Gasteiger partial charge >= 0.3 is 0 Å². The Labute approximate surface area is 173 Å². The molecule has 0 radical (unpaired) electrons. The molecule has 1 saturated heterocycles. The Morgan fingerprint density at radius 2 is 2.21 bits per heavy atom. The Morgan fingerprint density at radius 3 is 3.00 bits per heavy atom. The minimum Gasteiger partial charge on any atom is -0.371 e. The number of anilines is 1. The van der Waals surface area contributed by atoms with Crippen LogP contribution in [0.5, 0.6) is 0 Å². The van der Waals surface area contributed by atoms with Crippen molar-refractivity contribution in [2.45, 2.75) is 38.5 Å². The molecule has 1 amide bonds. The molecule has 1 atom stereocenters. The Bertz CT molecular complexity index is 1070. The molecule has 0 saturated carbocycles. The van der Waals surface area contributed by atoms with Crippen molar-refractivity contribution in [2.75, 3.05) is 17.7 Å². The van der Waals surface area contributed by atoms with E-state index in [2.05, 4.69) is 25.5 Å². The van der Waals surface area contributed by atoms with Crippen LogP contribution >= 0.6 is 34.4 Å². The molecular formula is C17H19N5O3S3. The monoisotopic (exact) mass is 437 g/mol. The normalized spacial score (nSPS) is 16.7. The number of aromatic nitrogens is 4. The van der Waals surface area contributed by atoms with Crippen LogP contribution in [-0.4, -0.2) is 38.4 Å². The van der Waals surface area contributed by atoms with Crippen LogP contribution in [0.15, 0.2) is 4.79 Å². The zero-order valence-corrected chi connectivity index (χ0v) is 17.9. The molecule has 3 aromatic rings. The highest BCUT2D eigenvalue weighted by atomic mass is 32.2. The first-order valence-electron chi connectivity index (χ1n) is 8.82. The van der Waals surface area contributed by atoms with Gasteiger partial charge < -0.3 is 9.72 Å². The highest BCUT2D eigenvalue weighted by Gasteiger charge is 2.22. The fourth-order valence-corrected chi connectivity index (χ4v) is 5.53. The number of hydrogen-bond acceptors (Lipinski definition) is 9. The maximum Gasteiger partial charge on any atom is 0.259 e. The number of thioether (sulfide) groups is 1. The van der Waals surface area contributed by atoms with E-state index in [0.29, 0.717) is 22.1 Å². The van der Waals surface area contributed by atoms with Crippen molar-refractivity contribution in [3.63, 3.8) is 0 Å². The number of hydrogen-bond donors (Lipinski definition) is 2. The Kier molecular flexibility index (Phi) is 5.76. The van der Waals surface area contributed by atoms with Gasteiger partial charge in [0, 0.05) is 11.5 Å². The summed E-state index contributed by atoms with van der Waals surface area (Å²) in [4.78, 5) is 33.6. The summed E-state index contributed by atoms with van der Waals surface area (Å²) in [5, 5.41) is 12.8. The van der Waals surface area contributed by atoms with Crippen LogP contribution in [-0.2, 0) is 15.3 Å². The highest BCUT2D eigenvalue weighted by molar-refractivity contribution is 7.99. The number of amides is 1. The molecule has 1 aliphatic heterocycles. The van der Waals surface area contributed by atoms with E-state index in [0.717, 1.165) is 39.7 Å². The molecule has 0 aliphatic carbocycles. The first-order valence-corrected chi connectivity index (χ1v) is 11.6. The minimum absolute atomic E-state index is 0.000123. The van der Waals surface area contributed by atoms with Crippen molar-refractivity contribution in [1.82, 2.24) is 20.2 Å². The van der Waals surface area contributed by atoms with Gasteiger partial charge in [0.05, 0.1) is 16.9 Å². The van der Waals surface area contributed by atoms with E-state index in [-0.39, 0.29) is 23.3 Å². The van der Waals surface area contributed by atoms with Crippen molar-refractivity contribution >= 4 is 55.7 Å². The van der Waals surface area contributed by atoms with Gasteiger partial charge in [-0.3, -0.25) is 14.9 Å². The van der Waals surface area contributed by atoms with Gasteiger partial charge in [0.1, 0.15) is 21.8 Å². The lowest BCUT2D eigenvalue weighted by Gasteiger charge is -2.03. The van der Waals surface area contributed by atoms with E-state index in [4.69, 9.17) is 4.74 Å². The zero-order valence-electron chi connectivity index (χ0n) is 15.4. The summed E-state index contributed by atoms with van der Waals surface area (Å²) in [5.41, 5.74) is 0.856. The molecule has 0 aromatic carbocycles. The molecule has 28 heavy (non-hydrogen) atoms. The second-order valence-corrected chi connectivity index (χ2v) is 9.66. The molecule has 3 aromatic heterocycles.